The van der Waals surface area contributed by atoms with Gasteiger partial charge in [-0.1, -0.05) is 13.8 Å². The molecule has 2 heterocycles. The summed E-state index contributed by atoms with van der Waals surface area (Å²) in [7, 11) is -2.94. The number of rotatable bonds is 4. The number of nitrogens with one attached hydrogen (secondary N) is 1. The molecular weight excluding hydrogens is 290 g/mol. The molecule has 0 aliphatic carbocycles. The van der Waals surface area contributed by atoms with Gasteiger partial charge in [0.15, 0.2) is 9.84 Å². The molecule has 0 aromatic rings. The van der Waals surface area contributed by atoms with Gasteiger partial charge < -0.3 is 10.2 Å². The molecule has 0 aromatic carbocycles. The Balaban J connectivity index is 1.71. The minimum absolute atomic E-state index is 0.0904. The topological polar surface area (TPSA) is 69.7 Å². The molecule has 0 bridgehead atoms. The zero-order valence-electron chi connectivity index (χ0n) is 13.0. The fourth-order valence-electron chi connectivity index (χ4n) is 2.79. The Morgan fingerprint density at radius 2 is 1.90 bits per heavy atom. The minimum Gasteiger partial charge on any atom is -0.334 e. The summed E-state index contributed by atoms with van der Waals surface area (Å²) < 4.78 is 22.8. The Labute approximate surface area is 127 Å². The third kappa shape index (κ3) is 5.14. The van der Waals surface area contributed by atoms with Crippen LogP contribution in [0.15, 0.2) is 0 Å². The molecule has 0 radical (unpaired) electrons. The molecule has 7 heteroatoms. The molecule has 122 valence electrons. The average molecular weight is 317 g/mol. The summed E-state index contributed by atoms with van der Waals surface area (Å²) in [4.78, 5) is 16.3. The highest BCUT2D eigenvalue weighted by Crippen LogP contribution is 2.12. The van der Waals surface area contributed by atoms with E-state index >= 15 is 0 Å². The lowest BCUT2D eigenvalue weighted by Gasteiger charge is -2.35. The molecule has 1 atom stereocenters. The predicted molar refractivity (Wildman–Crippen MR) is 83.1 cm³/mol. The first-order chi connectivity index (χ1) is 9.85. The van der Waals surface area contributed by atoms with E-state index in [9.17, 15) is 13.2 Å². The normalized spacial score (nSPS) is 26.2. The highest BCUT2D eigenvalue weighted by atomic mass is 32.2. The molecule has 6 nitrogen and oxygen atoms in total. The van der Waals surface area contributed by atoms with Gasteiger partial charge in [0.05, 0.1) is 11.5 Å². The van der Waals surface area contributed by atoms with Crippen molar-refractivity contribution in [1.29, 1.82) is 0 Å². The van der Waals surface area contributed by atoms with Crippen molar-refractivity contribution in [2.75, 3.05) is 44.2 Å². The number of sulfone groups is 1. The van der Waals surface area contributed by atoms with E-state index < -0.39 is 9.84 Å². The second kappa shape index (κ2) is 6.96. The van der Waals surface area contributed by atoms with Gasteiger partial charge in [0.1, 0.15) is 0 Å². The van der Waals surface area contributed by atoms with Crippen LogP contribution in [-0.2, 0) is 9.84 Å². The first-order valence-electron chi connectivity index (χ1n) is 7.84. The highest BCUT2D eigenvalue weighted by Gasteiger charge is 2.30. The summed E-state index contributed by atoms with van der Waals surface area (Å²) in [5, 5.41) is 2.86. The van der Waals surface area contributed by atoms with Gasteiger partial charge in [-0.15, -0.1) is 0 Å². The summed E-state index contributed by atoms with van der Waals surface area (Å²) >= 11 is 0. The molecular formula is C14H27N3O3S. The third-order valence-electron chi connectivity index (χ3n) is 4.24. The monoisotopic (exact) mass is 317 g/mol. The van der Waals surface area contributed by atoms with Gasteiger partial charge in [-0.3, -0.25) is 4.90 Å². The average Bonchev–Trinajstić information content (AvgIpc) is 2.76. The lowest BCUT2D eigenvalue weighted by atomic mass is 10.1. The molecule has 2 amide bonds. The fraction of sp³-hybridized carbons (Fsp3) is 0.929. The molecule has 0 unspecified atom stereocenters. The van der Waals surface area contributed by atoms with E-state index in [1.54, 1.807) is 4.90 Å². The van der Waals surface area contributed by atoms with E-state index in [2.05, 4.69) is 24.1 Å². The number of piperazine rings is 1. The number of urea groups is 1. The molecule has 21 heavy (non-hydrogen) atoms. The van der Waals surface area contributed by atoms with Gasteiger partial charge in [-0.25, -0.2) is 13.2 Å². The Morgan fingerprint density at radius 3 is 2.43 bits per heavy atom. The van der Waals surface area contributed by atoms with Gasteiger partial charge in [-0.05, 0) is 25.3 Å². The van der Waals surface area contributed by atoms with E-state index in [0.29, 0.717) is 12.3 Å². The molecule has 2 aliphatic heterocycles. The first-order valence-corrected chi connectivity index (χ1v) is 9.66. The van der Waals surface area contributed by atoms with Crippen LogP contribution in [0.25, 0.3) is 0 Å². The Kier molecular flexibility index (Phi) is 5.48. The second-order valence-corrected chi connectivity index (χ2v) is 8.79. The van der Waals surface area contributed by atoms with E-state index in [1.807, 2.05) is 0 Å². The number of carbonyl (C=O) groups excluding carboxylic acids is 1. The summed E-state index contributed by atoms with van der Waals surface area (Å²) in [6, 6.07) is -0.318. The molecule has 2 fully saturated rings. The van der Waals surface area contributed by atoms with Crippen LogP contribution in [0.3, 0.4) is 0 Å². The molecule has 1 N–H and O–H groups in total. The third-order valence-corrected chi connectivity index (χ3v) is 6.01. The zero-order valence-corrected chi connectivity index (χ0v) is 13.9. The fourth-order valence-corrected chi connectivity index (χ4v) is 4.46. The van der Waals surface area contributed by atoms with Gasteiger partial charge in [0, 0.05) is 32.2 Å². The molecule has 0 saturated carbocycles. The number of hydrogen-bond donors (Lipinski definition) is 1. The van der Waals surface area contributed by atoms with Gasteiger partial charge in [0.25, 0.3) is 0 Å². The number of hydrogen-bond acceptors (Lipinski definition) is 4. The summed E-state index contributed by atoms with van der Waals surface area (Å²) in [6.07, 6.45) is 1.73. The number of amides is 2. The Bertz CT molecular complexity index is 456. The van der Waals surface area contributed by atoms with Crippen molar-refractivity contribution in [3.05, 3.63) is 0 Å². The lowest BCUT2D eigenvalue weighted by Crippen LogP contribution is -2.53. The molecule has 0 aromatic heterocycles. The van der Waals surface area contributed by atoms with Crippen molar-refractivity contribution < 1.29 is 13.2 Å². The van der Waals surface area contributed by atoms with E-state index in [-0.39, 0.29) is 23.6 Å². The highest BCUT2D eigenvalue weighted by molar-refractivity contribution is 7.91. The van der Waals surface area contributed by atoms with Crippen LogP contribution >= 0.6 is 0 Å². The maximum Gasteiger partial charge on any atom is 0.317 e. The van der Waals surface area contributed by atoms with Crippen molar-refractivity contribution in [1.82, 2.24) is 15.1 Å². The van der Waals surface area contributed by atoms with Crippen LogP contribution < -0.4 is 5.32 Å². The maximum atomic E-state index is 12.1. The smallest absolute Gasteiger partial charge is 0.317 e. The molecule has 2 saturated heterocycles. The number of carbonyl (C=O) groups is 1. The lowest BCUT2D eigenvalue weighted by molar-refractivity contribution is 0.134. The Morgan fingerprint density at radius 1 is 1.24 bits per heavy atom. The second-order valence-electron chi connectivity index (χ2n) is 6.56. The van der Waals surface area contributed by atoms with Crippen LogP contribution in [0.5, 0.6) is 0 Å². The quantitative estimate of drug-likeness (QED) is 0.822. The molecule has 2 rings (SSSR count). The van der Waals surface area contributed by atoms with Crippen molar-refractivity contribution in [3.63, 3.8) is 0 Å². The van der Waals surface area contributed by atoms with Gasteiger partial charge in [0.2, 0.25) is 0 Å². The predicted octanol–water partition coefficient (Wildman–Crippen LogP) is 0.547. The van der Waals surface area contributed by atoms with Crippen molar-refractivity contribution in [3.8, 4) is 0 Å². The summed E-state index contributed by atoms with van der Waals surface area (Å²) in [5.74, 6) is 0.990. The van der Waals surface area contributed by atoms with Crippen LogP contribution in [0.1, 0.15) is 26.7 Å². The van der Waals surface area contributed by atoms with E-state index in [4.69, 9.17) is 0 Å². The van der Waals surface area contributed by atoms with Crippen LogP contribution in [0.4, 0.5) is 4.79 Å². The first kappa shape index (κ1) is 16.5. The SMILES string of the molecule is CC(C)CCN1CCN(C(=O)N[C@H]2CCS(=O)(=O)C2)CC1. The van der Waals surface area contributed by atoms with Crippen LogP contribution in [0, 0.1) is 5.92 Å². The van der Waals surface area contributed by atoms with Crippen LogP contribution in [0.2, 0.25) is 0 Å². The maximum absolute atomic E-state index is 12.1. The van der Waals surface area contributed by atoms with E-state index in [1.165, 1.54) is 6.42 Å². The minimum atomic E-state index is -2.94. The van der Waals surface area contributed by atoms with Crippen molar-refractivity contribution in [2.24, 2.45) is 5.92 Å². The zero-order chi connectivity index (χ0) is 15.5. The number of nitrogens with zero attached hydrogens (tertiary/aromatic N) is 2. The van der Waals surface area contributed by atoms with E-state index in [0.717, 1.165) is 32.7 Å². The van der Waals surface area contributed by atoms with Gasteiger partial charge in [-0.2, -0.15) is 0 Å². The largest absolute Gasteiger partial charge is 0.334 e. The molecule has 0 spiro atoms. The van der Waals surface area contributed by atoms with Crippen LogP contribution in [-0.4, -0.2) is 74.5 Å². The summed E-state index contributed by atoms with van der Waals surface area (Å²) in [6.45, 7) is 8.80. The van der Waals surface area contributed by atoms with Gasteiger partial charge >= 0.3 is 6.03 Å². The summed E-state index contributed by atoms with van der Waals surface area (Å²) in [5.41, 5.74) is 0. The molecule has 2 aliphatic rings. The van der Waals surface area contributed by atoms with Crippen molar-refractivity contribution >= 4 is 15.9 Å². The van der Waals surface area contributed by atoms with Crippen molar-refractivity contribution in [2.45, 2.75) is 32.7 Å². The Hall–Kier alpha value is -0.820. The standard InChI is InChI=1S/C14H27N3O3S/c1-12(2)3-5-16-6-8-17(9-7-16)14(18)15-13-4-10-21(19,20)11-13/h12-13H,3-11H2,1-2H3,(H,15,18)/t13-/m0/s1.